The van der Waals surface area contributed by atoms with Gasteiger partial charge in [-0.15, -0.1) is 0 Å². The highest BCUT2D eigenvalue weighted by molar-refractivity contribution is 5.93. The first-order valence-electron chi connectivity index (χ1n) is 11.2. The number of ether oxygens (including phenoxy) is 2. The molecule has 32 heavy (non-hydrogen) atoms. The fourth-order valence-corrected chi connectivity index (χ4v) is 3.80. The second-order valence-electron chi connectivity index (χ2n) is 8.04. The van der Waals surface area contributed by atoms with Crippen molar-refractivity contribution in [3.8, 4) is 11.5 Å². The van der Waals surface area contributed by atoms with Crippen molar-refractivity contribution in [2.75, 3.05) is 0 Å². The summed E-state index contributed by atoms with van der Waals surface area (Å²) in [7, 11) is 0. The van der Waals surface area contributed by atoms with Gasteiger partial charge in [0.25, 0.3) is 0 Å². The Morgan fingerprint density at radius 3 is 1.69 bits per heavy atom. The second-order valence-corrected chi connectivity index (χ2v) is 8.04. The van der Waals surface area contributed by atoms with Gasteiger partial charge in [0.2, 0.25) is 0 Å². The van der Waals surface area contributed by atoms with Crippen molar-refractivity contribution in [3.05, 3.63) is 94.5 Å². The van der Waals surface area contributed by atoms with Crippen molar-refractivity contribution < 1.29 is 19.1 Å². The molecule has 0 saturated carbocycles. The molecule has 0 fully saturated rings. The van der Waals surface area contributed by atoms with Crippen LogP contribution in [0.3, 0.4) is 0 Å². The zero-order valence-corrected chi connectivity index (χ0v) is 19.2. The van der Waals surface area contributed by atoms with Gasteiger partial charge >= 0.3 is 11.9 Å². The van der Waals surface area contributed by atoms with Gasteiger partial charge < -0.3 is 9.47 Å². The van der Waals surface area contributed by atoms with Gasteiger partial charge in [-0.3, -0.25) is 0 Å². The minimum absolute atomic E-state index is 0.0789. The predicted molar refractivity (Wildman–Crippen MR) is 127 cm³/mol. The van der Waals surface area contributed by atoms with E-state index in [4.69, 9.17) is 9.47 Å². The number of carbonyl (C=O) groups excluding carboxylic acids is 2. The van der Waals surface area contributed by atoms with Crippen LogP contribution in [-0.2, 0) is 12.8 Å². The largest absolute Gasteiger partial charge is 0.419 e. The number of esters is 2. The fourth-order valence-electron chi connectivity index (χ4n) is 3.80. The summed E-state index contributed by atoms with van der Waals surface area (Å²) in [6.45, 7) is 8.24. The van der Waals surface area contributed by atoms with E-state index in [1.54, 1.807) is 48.5 Å². The smallest absolute Gasteiger partial charge is 0.343 e. The number of hydrogen-bond donors (Lipinski definition) is 0. The highest BCUT2D eigenvalue weighted by Gasteiger charge is 2.26. The zero-order valence-electron chi connectivity index (χ0n) is 19.2. The molecule has 166 valence electrons. The summed E-state index contributed by atoms with van der Waals surface area (Å²) in [6, 6.07) is 19.8. The van der Waals surface area contributed by atoms with Gasteiger partial charge in [0.15, 0.2) is 11.5 Å². The molecule has 3 aromatic rings. The molecule has 4 nitrogen and oxygen atoms in total. The van der Waals surface area contributed by atoms with Gasteiger partial charge in [0.05, 0.1) is 11.1 Å². The van der Waals surface area contributed by atoms with E-state index >= 15 is 0 Å². The van der Waals surface area contributed by atoms with Crippen molar-refractivity contribution in [1.82, 2.24) is 0 Å². The lowest BCUT2D eigenvalue weighted by Crippen LogP contribution is -2.16. The molecule has 4 heteroatoms. The first kappa shape index (κ1) is 23.3. The van der Waals surface area contributed by atoms with Crippen LogP contribution < -0.4 is 9.47 Å². The lowest BCUT2D eigenvalue weighted by atomic mass is 9.90. The Hall–Kier alpha value is -3.40. The van der Waals surface area contributed by atoms with Crippen molar-refractivity contribution in [2.45, 2.75) is 52.9 Å². The van der Waals surface area contributed by atoms with E-state index in [9.17, 15) is 9.59 Å². The molecule has 0 aliphatic heterocycles. The molecule has 3 rings (SSSR count). The summed E-state index contributed by atoms with van der Waals surface area (Å²) in [5.41, 5.74) is 3.76. The second kappa shape index (κ2) is 10.8. The minimum atomic E-state index is -0.477. The molecular weight excluding hydrogens is 400 g/mol. The molecule has 0 heterocycles. The van der Waals surface area contributed by atoms with E-state index in [1.165, 1.54) is 0 Å². The molecule has 3 aromatic carbocycles. The zero-order chi connectivity index (χ0) is 23.1. The summed E-state index contributed by atoms with van der Waals surface area (Å²) in [4.78, 5) is 25.9. The van der Waals surface area contributed by atoms with Crippen LogP contribution in [0.4, 0.5) is 0 Å². The number of benzene rings is 3. The molecule has 0 saturated heterocycles. The van der Waals surface area contributed by atoms with E-state index in [0.29, 0.717) is 29.0 Å². The summed E-state index contributed by atoms with van der Waals surface area (Å²) >= 11 is 0. The Balaban J connectivity index is 2.15. The van der Waals surface area contributed by atoms with Crippen molar-refractivity contribution in [2.24, 2.45) is 0 Å². The summed E-state index contributed by atoms with van der Waals surface area (Å²) in [5, 5.41) is 0. The van der Waals surface area contributed by atoms with Crippen LogP contribution in [0.15, 0.2) is 66.7 Å². The Kier molecular flexibility index (Phi) is 7.82. The van der Waals surface area contributed by atoms with E-state index in [1.807, 2.05) is 19.1 Å². The standard InChI is InChI=1S/C28H30O4/c1-5-13-23-18-20(6-2)25(31-27(29)21-14-9-7-10-15-21)26(24(23)19(3)4)32-28(30)22-16-11-8-12-17-22/h7-12,14-19H,5-6,13H2,1-4H3. The maximum absolute atomic E-state index is 13.0. The van der Waals surface area contributed by atoms with Gasteiger partial charge in [-0.05, 0) is 54.2 Å². The number of carbonyl (C=O) groups is 2. The normalized spacial score (nSPS) is 10.8. The Bertz CT molecular complexity index is 1070. The van der Waals surface area contributed by atoms with Crippen LogP contribution in [0.5, 0.6) is 11.5 Å². The Morgan fingerprint density at radius 1 is 0.750 bits per heavy atom. The van der Waals surface area contributed by atoms with E-state index in [2.05, 4.69) is 26.8 Å². The lowest BCUT2D eigenvalue weighted by Gasteiger charge is -2.23. The van der Waals surface area contributed by atoms with Crippen LogP contribution in [0.1, 0.15) is 77.4 Å². The molecule has 0 aliphatic carbocycles. The Morgan fingerprint density at radius 2 is 1.25 bits per heavy atom. The van der Waals surface area contributed by atoms with Gasteiger partial charge in [-0.2, -0.15) is 0 Å². The fraction of sp³-hybridized carbons (Fsp3) is 0.286. The first-order chi connectivity index (χ1) is 15.5. The average Bonchev–Trinajstić information content (AvgIpc) is 2.81. The third kappa shape index (κ3) is 5.25. The summed E-state index contributed by atoms with van der Waals surface area (Å²) in [6.07, 6.45) is 2.45. The minimum Gasteiger partial charge on any atom is -0.419 e. The van der Waals surface area contributed by atoms with Gasteiger partial charge in [-0.1, -0.05) is 76.6 Å². The third-order valence-corrected chi connectivity index (χ3v) is 5.32. The van der Waals surface area contributed by atoms with Crippen molar-refractivity contribution in [1.29, 1.82) is 0 Å². The molecule has 0 bridgehead atoms. The highest BCUT2D eigenvalue weighted by Crippen LogP contribution is 2.43. The van der Waals surface area contributed by atoms with Gasteiger partial charge in [-0.25, -0.2) is 9.59 Å². The number of hydrogen-bond acceptors (Lipinski definition) is 4. The van der Waals surface area contributed by atoms with Crippen molar-refractivity contribution >= 4 is 11.9 Å². The molecule has 0 radical (unpaired) electrons. The quantitative estimate of drug-likeness (QED) is 0.292. The van der Waals surface area contributed by atoms with Crippen LogP contribution in [0.25, 0.3) is 0 Å². The highest BCUT2D eigenvalue weighted by atomic mass is 16.6. The number of rotatable bonds is 8. The van der Waals surface area contributed by atoms with Crippen molar-refractivity contribution in [3.63, 3.8) is 0 Å². The van der Waals surface area contributed by atoms with Crippen LogP contribution in [0, 0.1) is 0 Å². The summed E-state index contributed by atoms with van der Waals surface area (Å²) < 4.78 is 11.9. The maximum atomic E-state index is 13.0. The molecule has 0 aromatic heterocycles. The van der Waals surface area contributed by atoms with Crippen LogP contribution >= 0.6 is 0 Å². The Labute approximate surface area is 190 Å². The maximum Gasteiger partial charge on any atom is 0.343 e. The van der Waals surface area contributed by atoms with Crippen LogP contribution in [0.2, 0.25) is 0 Å². The van der Waals surface area contributed by atoms with Gasteiger partial charge in [0, 0.05) is 5.56 Å². The molecule has 0 amide bonds. The molecule has 0 N–H and O–H groups in total. The molecule has 0 spiro atoms. The van der Waals surface area contributed by atoms with E-state index < -0.39 is 11.9 Å². The topological polar surface area (TPSA) is 52.6 Å². The molecule has 0 unspecified atom stereocenters. The SMILES string of the molecule is CCCc1cc(CC)c(OC(=O)c2ccccc2)c(OC(=O)c2ccccc2)c1C(C)C. The lowest BCUT2D eigenvalue weighted by molar-refractivity contribution is 0.0679. The van der Waals surface area contributed by atoms with Crippen LogP contribution in [-0.4, -0.2) is 11.9 Å². The van der Waals surface area contributed by atoms with E-state index in [-0.39, 0.29) is 5.92 Å². The van der Waals surface area contributed by atoms with Gasteiger partial charge in [0.1, 0.15) is 0 Å². The predicted octanol–water partition coefficient (Wildman–Crippen LogP) is 6.76. The number of aryl methyl sites for hydroxylation is 2. The van der Waals surface area contributed by atoms with E-state index in [0.717, 1.165) is 29.5 Å². The monoisotopic (exact) mass is 430 g/mol. The molecular formula is C28H30O4. The molecule has 0 atom stereocenters. The average molecular weight is 431 g/mol. The third-order valence-electron chi connectivity index (χ3n) is 5.32. The molecule has 0 aliphatic rings. The first-order valence-corrected chi connectivity index (χ1v) is 11.2. The summed E-state index contributed by atoms with van der Waals surface area (Å²) in [5.74, 6) is -0.194.